The third kappa shape index (κ3) is 5.00. The third-order valence-corrected chi connectivity index (χ3v) is 6.86. The molecule has 1 amide bonds. The van der Waals surface area contributed by atoms with E-state index in [9.17, 15) is 4.79 Å². The number of aryl methyl sites for hydroxylation is 1. The molecule has 0 radical (unpaired) electrons. The number of nitrogens with zero attached hydrogens (tertiary/aromatic N) is 1. The van der Waals surface area contributed by atoms with Gasteiger partial charge in [-0.25, -0.2) is 0 Å². The van der Waals surface area contributed by atoms with E-state index in [0.717, 1.165) is 66.1 Å². The largest absolute Gasteiger partial charge is 0.497 e. The highest BCUT2D eigenvalue weighted by Gasteiger charge is 2.26. The summed E-state index contributed by atoms with van der Waals surface area (Å²) < 4.78 is 11.7. The minimum atomic E-state index is -0.0836. The van der Waals surface area contributed by atoms with Crippen LogP contribution in [0.1, 0.15) is 54.6 Å². The number of methoxy groups -OCH3 is 1. The molecule has 0 saturated heterocycles. The molecule has 0 spiro atoms. The maximum atomic E-state index is 13.2. The molecule has 34 heavy (non-hydrogen) atoms. The van der Waals surface area contributed by atoms with E-state index in [1.165, 1.54) is 12.8 Å². The van der Waals surface area contributed by atoms with Gasteiger partial charge in [-0.2, -0.15) is 0 Å². The number of pyridine rings is 1. The molecular weight excluding hydrogens is 452 g/mol. The number of carbonyl (C=O) groups excluding carboxylic acids is 1. The number of hydrogen-bond acceptors (Lipinski definition) is 5. The topological polar surface area (TPSA) is 102 Å². The van der Waals surface area contributed by atoms with Crippen molar-refractivity contribution in [2.75, 3.05) is 13.7 Å². The van der Waals surface area contributed by atoms with Gasteiger partial charge in [0.25, 0.3) is 5.91 Å². The van der Waals surface area contributed by atoms with Crippen molar-refractivity contribution < 1.29 is 14.3 Å². The summed E-state index contributed by atoms with van der Waals surface area (Å²) in [5.41, 5.74) is 10.8. The van der Waals surface area contributed by atoms with Gasteiger partial charge in [-0.15, -0.1) is 12.4 Å². The molecule has 5 rings (SSSR count). The fourth-order valence-corrected chi connectivity index (χ4v) is 4.69. The van der Waals surface area contributed by atoms with Crippen molar-refractivity contribution in [2.45, 2.75) is 57.5 Å². The highest BCUT2D eigenvalue weighted by molar-refractivity contribution is 6.09. The van der Waals surface area contributed by atoms with Crippen molar-refractivity contribution >= 4 is 29.3 Å². The SMILES string of the molecule is COc1ccc(OCC2CC2)c(-c2ccnc3c(C(=O)N[C@H]4CC[C@@H](N)CC4)c(C)[nH]c23)c1.Cl. The Morgan fingerprint density at radius 1 is 1.15 bits per heavy atom. The second-order valence-corrected chi connectivity index (χ2v) is 9.41. The molecule has 8 heteroatoms. The van der Waals surface area contributed by atoms with Crippen LogP contribution in [0.2, 0.25) is 0 Å². The summed E-state index contributed by atoms with van der Waals surface area (Å²) in [6.45, 7) is 2.64. The smallest absolute Gasteiger partial charge is 0.255 e. The number of ether oxygens (including phenoxy) is 2. The normalized spacial score (nSPS) is 20.0. The number of carbonyl (C=O) groups is 1. The van der Waals surface area contributed by atoms with Crippen LogP contribution in [0, 0.1) is 12.8 Å². The Hall–Kier alpha value is -2.77. The van der Waals surface area contributed by atoms with Crippen LogP contribution >= 0.6 is 12.4 Å². The zero-order chi connectivity index (χ0) is 22.9. The lowest BCUT2D eigenvalue weighted by atomic mass is 9.91. The van der Waals surface area contributed by atoms with E-state index in [1.54, 1.807) is 13.3 Å². The maximum Gasteiger partial charge on any atom is 0.255 e. The fourth-order valence-electron chi connectivity index (χ4n) is 4.69. The quantitative estimate of drug-likeness (QED) is 0.448. The van der Waals surface area contributed by atoms with Crippen LogP contribution in [-0.2, 0) is 0 Å². The number of nitrogens with one attached hydrogen (secondary N) is 2. The van der Waals surface area contributed by atoms with Crippen molar-refractivity contribution in [3.8, 4) is 22.6 Å². The van der Waals surface area contributed by atoms with E-state index in [0.29, 0.717) is 17.0 Å². The van der Waals surface area contributed by atoms with Crippen LogP contribution in [0.4, 0.5) is 0 Å². The number of hydrogen-bond donors (Lipinski definition) is 3. The van der Waals surface area contributed by atoms with Gasteiger partial charge in [0.2, 0.25) is 0 Å². The van der Waals surface area contributed by atoms with Gasteiger partial charge in [0, 0.05) is 35.1 Å². The van der Waals surface area contributed by atoms with E-state index in [1.807, 2.05) is 31.2 Å². The minimum Gasteiger partial charge on any atom is -0.497 e. The fraction of sp³-hybridized carbons (Fsp3) is 0.462. The highest BCUT2D eigenvalue weighted by Crippen LogP contribution is 2.39. The Kier molecular flexibility index (Phi) is 7.33. The Balaban J connectivity index is 0.00000274. The lowest BCUT2D eigenvalue weighted by Gasteiger charge is -2.26. The molecule has 3 aromatic rings. The molecule has 2 aliphatic rings. The number of rotatable bonds is 7. The summed E-state index contributed by atoms with van der Waals surface area (Å²) in [7, 11) is 1.66. The van der Waals surface area contributed by atoms with Crippen LogP contribution in [0.15, 0.2) is 30.5 Å². The molecule has 4 N–H and O–H groups in total. The van der Waals surface area contributed by atoms with E-state index in [2.05, 4.69) is 15.3 Å². The Morgan fingerprint density at radius 2 is 1.91 bits per heavy atom. The molecule has 1 aromatic carbocycles. The second kappa shape index (κ2) is 10.2. The number of H-pyrrole nitrogens is 1. The van der Waals surface area contributed by atoms with E-state index >= 15 is 0 Å². The first-order valence-electron chi connectivity index (χ1n) is 11.9. The predicted molar refractivity (Wildman–Crippen MR) is 136 cm³/mol. The molecule has 2 heterocycles. The van der Waals surface area contributed by atoms with Crippen molar-refractivity contribution in [1.29, 1.82) is 0 Å². The van der Waals surface area contributed by atoms with Crippen molar-refractivity contribution in [1.82, 2.24) is 15.3 Å². The summed E-state index contributed by atoms with van der Waals surface area (Å²) in [4.78, 5) is 21.3. The van der Waals surface area contributed by atoms with Crippen LogP contribution in [0.25, 0.3) is 22.2 Å². The number of benzene rings is 1. The zero-order valence-corrected chi connectivity index (χ0v) is 20.5. The highest BCUT2D eigenvalue weighted by atomic mass is 35.5. The van der Waals surface area contributed by atoms with Gasteiger partial charge in [-0.1, -0.05) is 0 Å². The monoisotopic (exact) mass is 484 g/mol. The number of amides is 1. The number of fused-ring (bicyclic) bond motifs is 1. The Bertz CT molecular complexity index is 1170. The molecular formula is C26H33ClN4O3. The Labute approximate surface area is 206 Å². The van der Waals surface area contributed by atoms with Crippen LogP contribution < -0.4 is 20.5 Å². The van der Waals surface area contributed by atoms with E-state index in [4.69, 9.17) is 15.2 Å². The second-order valence-electron chi connectivity index (χ2n) is 9.41. The molecule has 2 aliphatic carbocycles. The molecule has 0 aliphatic heterocycles. The van der Waals surface area contributed by atoms with Crippen molar-refractivity contribution in [3.63, 3.8) is 0 Å². The molecule has 0 atom stereocenters. The molecule has 7 nitrogen and oxygen atoms in total. The first-order valence-corrected chi connectivity index (χ1v) is 11.9. The number of aromatic amines is 1. The van der Waals surface area contributed by atoms with Gasteiger partial charge in [-0.05, 0) is 75.6 Å². The van der Waals surface area contributed by atoms with Gasteiger partial charge in [0.05, 0.1) is 24.8 Å². The van der Waals surface area contributed by atoms with E-state index < -0.39 is 0 Å². The first kappa shape index (κ1) is 24.4. The standard InChI is InChI=1S/C26H32N4O3.ClH/c1-15-23(26(31)30-18-7-5-17(27)6-8-18)25-24(29-15)20(11-12-28-25)21-13-19(32-2)9-10-22(21)33-14-16-3-4-16;/h9-13,16-18,29H,3-8,14,27H2,1-2H3,(H,30,31);1H/t17-,18+;. The molecule has 2 fully saturated rings. The predicted octanol–water partition coefficient (Wildman–Crippen LogP) is 4.76. The number of nitrogens with two attached hydrogens (primary N) is 1. The third-order valence-electron chi connectivity index (χ3n) is 6.86. The molecule has 2 aromatic heterocycles. The van der Waals surface area contributed by atoms with Crippen LogP contribution in [0.3, 0.4) is 0 Å². The lowest BCUT2D eigenvalue weighted by Crippen LogP contribution is -2.40. The number of halogens is 1. The van der Waals surface area contributed by atoms with Gasteiger partial charge in [-0.3, -0.25) is 9.78 Å². The average Bonchev–Trinajstić information content (AvgIpc) is 3.58. The number of aromatic nitrogens is 2. The Morgan fingerprint density at radius 3 is 2.62 bits per heavy atom. The summed E-state index contributed by atoms with van der Waals surface area (Å²) in [5.74, 6) is 2.13. The van der Waals surface area contributed by atoms with Crippen LogP contribution in [-0.4, -0.2) is 41.7 Å². The van der Waals surface area contributed by atoms with Gasteiger partial charge in [0.15, 0.2) is 0 Å². The molecule has 0 unspecified atom stereocenters. The van der Waals surface area contributed by atoms with Gasteiger partial charge in [0.1, 0.15) is 17.0 Å². The average molecular weight is 485 g/mol. The first-order chi connectivity index (χ1) is 16.0. The van der Waals surface area contributed by atoms with E-state index in [-0.39, 0.29) is 30.4 Å². The van der Waals surface area contributed by atoms with Crippen molar-refractivity contribution in [3.05, 3.63) is 41.7 Å². The maximum absolute atomic E-state index is 13.2. The minimum absolute atomic E-state index is 0. The zero-order valence-electron chi connectivity index (χ0n) is 19.7. The van der Waals surface area contributed by atoms with Crippen LogP contribution in [0.5, 0.6) is 11.5 Å². The molecule has 182 valence electrons. The van der Waals surface area contributed by atoms with Gasteiger partial charge >= 0.3 is 0 Å². The molecule has 0 bridgehead atoms. The lowest BCUT2D eigenvalue weighted by molar-refractivity contribution is 0.0927. The summed E-state index contributed by atoms with van der Waals surface area (Å²) >= 11 is 0. The summed E-state index contributed by atoms with van der Waals surface area (Å²) in [5, 5.41) is 3.20. The molecule has 2 saturated carbocycles. The summed E-state index contributed by atoms with van der Waals surface area (Å²) in [6, 6.07) is 8.22. The van der Waals surface area contributed by atoms with Gasteiger partial charge < -0.3 is 25.5 Å². The summed E-state index contributed by atoms with van der Waals surface area (Å²) in [6.07, 6.45) is 7.93. The van der Waals surface area contributed by atoms with Crippen molar-refractivity contribution in [2.24, 2.45) is 11.7 Å².